The van der Waals surface area contributed by atoms with Gasteiger partial charge in [0.2, 0.25) is 5.91 Å². The molecule has 2 heterocycles. The number of hydrogen-bond donors (Lipinski definition) is 1. The van der Waals surface area contributed by atoms with Crippen LogP contribution in [0.4, 0.5) is 13.2 Å². The van der Waals surface area contributed by atoms with E-state index in [2.05, 4.69) is 15.0 Å². The normalized spacial score (nSPS) is 17.5. The van der Waals surface area contributed by atoms with Crippen molar-refractivity contribution in [2.24, 2.45) is 0 Å². The number of benzene rings is 1. The number of nitrogens with one attached hydrogen (secondary N) is 1. The fraction of sp³-hybridized carbons (Fsp3) is 0.682. The van der Waals surface area contributed by atoms with Crippen LogP contribution in [-0.4, -0.2) is 69.1 Å². The molecule has 0 saturated carbocycles. The number of rotatable bonds is 11. The molecule has 1 N–H and O–H groups in total. The van der Waals surface area contributed by atoms with Crippen LogP contribution in [0.15, 0.2) is 18.2 Å². The van der Waals surface area contributed by atoms with Crippen molar-refractivity contribution in [3.8, 4) is 11.5 Å². The van der Waals surface area contributed by atoms with Crippen LogP contribution in [0.3, 0.4) is 0 Å². The van der Waals surface area contributed by atoms with Gasteiger partial charge in [0.1, 0.15) is 19.8 Å². The number of halogens is 3. The molecule has 0 aliphatic carbocycles. The molecule has 1 atom stereocenters. The van der Waals surface area contributed by atoms with Crippen LogP contribution in [0, 0.1) is 0 Å². The summed E-state index contributed by atoms with van der Waals surface area (Å²) in [5.74, 6) is 1.38. The smallest absolute Gasteiger partial charge is 0.411 e. The quantitative estimate of drug-likeness (QED) is 0.531. The van der Waals surface area contributed by atoms with Crippen LogP contribution >= 0.6 is 0 Å². The maximum Gasteiger partial charge on any atom is 0.411 e. The van der Waals surface area contributed by atoms with Gasteiger partial charge in [0, 0.05) is 25.6 Å². The Kier molecular flexibility index (Phi) is 8.83. The molecule has 0 radical (unpaired) electrons. The van der Waals surface area contributed by atoms with Crippen molar-refractivity contribution in [1.82, 2.24) is 10.2 Å². The topological polar surface area (TPSA) is 60.0 Å². The summed E-state index contributed by atoms with van der Waals surface area (Å²) < 4.78 is 52.0. The largest absolute Gasteiger partial charge is 0.486 e. The zero-order valence-electron chi connectivity index (χ0n) is 17.7. The highest BCUT2D eigenvalue weighted by atomic mass is 19.4. The fourth-order valence-corrected chi connectivity index (χ4v) is 3.91. The lowest BCUT2D eigenvalue weighted by molar-refractivity contribution is -0.174. The van der Waals surface area contributed by atoms with Gasteiger partial charge in [-0.3, -0.25) is 4.79 Å². The molecule has 1 amide bonds. The van der Waals surface area contributed by atoms with Gasteiger partial charge in [0.05, 0.1) is 0 Å². The molecule has 3 rings (SSSR count). The van der Waals surface area contributed by atoms with Gasteiger partial charge in [-0.25, -0.2) is 0 Å². The zero-order chi connectivity index (χ0) is 22.1. The third kappa shape index (κ3) is 8.57. The van der Waals surface area contributed by atoms with Crippen LogP contribution in [0.5, 0.6) is 11.5 Å². The van der Waals surface area contributed by atoms with Crippen molar-refractivity contribution in [2.75, 3.05) is 46.1 Å². The molecule has 0 spiro atoms. The summed E-state index contributed by atoms with van der Waals surface area (Å²) in [5.41, 5.74) is 1.06. The van der Waals surface area contributed by atoms with Crippen molar-refractivity contribution in [2.45, 2.75) is 50.7 Å². The molecule has 1 aromatic rings. The van der Waals surface area contributed by atoms with E-state index in [0.717, 1.165) is 36.7 Å². The lowest BCUT2D eigenvalue weighted by Gasteiger charge is -2.25. The molecule has 31 heavy (non-hydrogen) atoms. The van der Waals surface area contributed by atoms with Crippen molar-refractivity contribution < 1.29 is 32.2 Å². The van der Waals surface area contributed by atoms with Crippen LogP contribution in [0.25, 0.3) is 0 Å². The van der Waals surface area contributed by atoms with E-state index in [1.54, 1.807) is 0 Å². The summed E-state index contributed by atoms with van der Waals surface area (Å²) >= 11 is 0. The summed E-state index contributed by atoms with van der Waals surface area (Å²) in [6, 6.07) is 5.82. The SMILES string of the molecule is O=C(CCCCOCC(F)(F)F)N[C@@H](Cc1ccc2c(c1)OCCO2)CN1CCCC1. The first-order valence-electron chi connectivity index (χ1n) is 10.9. The Hall–Kier alpha value is -2.00. The Labute approximate surface area is 181 Å². The first-order chi connectivity index (χ1) is 14.9. The standard InChI is InChI=1S/C22H31F3N2O4/c23-22(24,25)16-29-10-4-1-5-21(28)26-18(15-27-8-2-3-9-27)13-17-6-7-19-20(14-17)31-12-11-30-19/h6-7,14,18H,1-5,8-13,15-16H2,(H,26,28)/t18-/m0/s1. The molecule has 6 nitrogen and oxygen atoms in total. The van der Waals surface area contributed by atoms with Gasteiger partial charge in [-0.2, -0.15) is 13.2 Å². The maximum atomic E-state index is 12.4. The van der Waals surface area contributed by atoms with Gasteiger partial charge in [-0.1, -0.05) is 6.07 Å². The molecule has 2 aliphatic heterocycles. The minimum absolute atomic E-state index is 0.00118. The zero-order valence-corrected chi connectivity index (χ0v) is 17.7. The number of likely N-dealkylation sites (tertiary alicyclic amines) is 1. The first-order valence-corrected chi connectivity index (χ1v) is 10.9. The summed E-state index contributed by atoms with van der Waals surface area (Å²) in [4.78, 5) is 14.8. The summed E-state index contributed by atoms with van der Waals surface area (Å²) in [6.07, 6.45) is -0.119. The van der Waals surface area contributed by atoms with E-state index in [0.29, 0.717) is 32.5 Å². The fourth-order valence-electron chi connectivity index (χ4n) is 3.91. The number of alkyl halides is 3. The molecular formula is C22H31F3N2O4. The summed E-state index contributed by atoms with van der Waals surface area (Å²) in [6.45, 7) is 2.66. The summed E-state index contributed by atoms with van der Waals surface area (Å²) in [5, 5.41) is 3.11. The van der Waals surface area contributed by atoms with E-state index in [4.69, 9.17) is 9.47 Å². The molecule has 0 aromatic heterocycles. The molecule has 0 bridgehead atoms. The van der Waals surface area contributed by atoms with E-state index in [-0.39, 0.29) is 25.0 Å². The monoisotopic (exact) mass is 444 g/mol. The number of nitrogens with zero attached hydrogens (tertiary/aromatic N) is 1. The predicted molar refractivity (Wildman–Crippen MR) is 109 cm³/mol. The average molecular weight is 444 g/mol. The van der Waals surface area contributed by atoms with Gasteiger partial charge >= 0.3 is 6.18 Å². The number of ether oxygens (including phenoxy) is 3. The molecular weight excluding hydrogens is 413 g/mol. The molecule has 9 heteroatoms. The molecule has 174 valence electrons. The molecule has 2 aliphatic rings. The van der Waals surface area contributed by atoms with Crippen molar-refractivity contribution in [3.63, 3.8) is 0 Å². The Morgan fingerprint density at radius 2 is 1.87 bits per heavy atom. The Bertz CT molecular complexity index is 708. The van der Waals surface area contributed by atoms with Gasteiger partial charge in [0.25, 0.3) is 0 Å². The van der Waals surface area contributed by atoms with Crippen molar-refractivity contribution in [1.29, 1.82) is 0 Å². The highest BCUT2D eigenvalue weighted by Gasteiger charge is 2.27. The van der Waals surface area contributed by atoms with Crippen molar-refractivity contribution >= 4 is 5.91 Å². The number of carbonyl (C=O) groups is 1. The number of fused-ring (bicyclic) bond motifs is 1. The predicted octanol–water partition coefficient (Wildman–Crippen LogP) is 3.33. The second-order valence-corrected chi connectivity index (χ2v) is 8.08. The molecule has 1 saturated heterocycles. The average Bonchev–Trinajstić information content (AvgIpc) is 3.22. The number of amides is 1. The molecule has 0 unspecified atom stereocenters. The molecule has 1 aromatic carbocycles. The lowest BCUT2D eigenvalue weighted by atomic mass is 10.0. The van der Waals surface area contributed by atoms with E-state index in [1.165, 1.54) is 12.8 Å². The van der Waals surface area contributed by atoms with Gasteiger partial charge < -0.3 is 24.4 Å². The number of hydrogen-bond acceptors (Lipinski definition) is 5. The Balaban J connectivity index is 1.47. The minimum Gasteiger partial charge on any atom is -0.486 e. The number of unbranched alkanes of at least 4 members (excludes halogenated alkanes) is 1. The Morgan fingerprint density at radius 3 is 2.61 bits per heavy atom. The highest BCUT2D eigenvalue weighted by Crippen LogP contribution is 2.31. The maximum absolute atomic E-state index is 12.4. The first kappa shape index (κ1) is 23.7. The van der Waals surface area contributed by atoms with Crippen molar-refractivity contribution in [3.05, 3.63) is 23.8 Å². The van der Waals surface area contributed by atoms with E-state index in [9.17, 15) is 18.0 Å². The second-order valence-electron chi connectivity index (χ2n) is 8.08. The number of carbonyl (C=O) groups excluding carboxylic acids is 1. The van der Waals surface area contributed by atoms with E-state index >= 15 is 0 Å². The van der Waals surface area contributed by atoms with Crippen LogP contribution in [0.1, 0.15) is 37.7 Å². The third-order valence-corrected chi connectivity index (χ3v) is 5.34. The second kappa shape index (κ2) is 11.6. The van der Waals surface area contributed by atoms with Crippen LogP contribution in [0.2, 0.25) is 0 Å². The third-order valence-electron chi connectivity index (χ3n) is 5.34. The van der Waals surface area contributed by atoms with E-state index < -0.39 is 12.8 Å². The van der Waals surface area contributed by atoms with Gasteiger partial charge in [-0.15, -0.1) is 0 Å². The lowest BCUT2D eigenvalue weighted by Crippen LogP contribution is -2.44. The van der Waals surface area contributed by atoms with Crippen LogP contribution in [-0.2, 0) is 16.0 Å². The van der Waals surface area contributed by atoms with Gasteiger partial charge in [0.15, 0.2) is 11.5 Å². The van der Waals surface area contributed by atoms with E-state index in [1.807, 2.05) is 18.2 Å². The van der Waals surface area contributed by atoms with Crippen LogP contribution < -0.4 is 14.8 Å². The van der Waals surface area contributed by atoms with Gasteiger partial charge in [-0.05, 0) is 62.9 Å². The minimum atomic E-state index is -4.31. The molecule has 1 fully saturated rings. The highest BCUT2D eigenvalue weighted by molar-refractivity contribution is 5.76. The summed E-state index contributed by atoms with van der Waals surface area (Å²) in [7, 11) is 0. The Morgan fingerprint density at radius 1 is 1.13 bits per heavy atom.